The van der Waals surface area contributed by atoms with Gasteiger partial charge in [0, 0.05) is 31.9 Å². The second-order valence-corrected chi connectivity index (χ2v) is 7.45. The van der Waals surface area contributed by atoms with Crippen molar-refractivity contribution in [2.45, 2.75) is 44.4 Å². The van der Waals surface area contributed by atoms with E-state index >= 15 is 0 Å². The van der Waals surface area contributed by atoms with Crippen LogP contribution in [0.1, 0.15) is 39.5 Å². The second kappa shape index (κ2) is 7.22. The van der Waals surface area contributed by atoms with Gasteiger partial charge in [-0.2, -0.15) is 4.31 Å². The zero-order valence-corrected chi connectivity index (χ0v) is 13.7. The fourth-order valence-electron chi connectivity index (χ4n) is 2.79. The quantitative estimate of drug-likeness (QED) is 0.908. The molecule has 1 aliphatic rings. The Bertz CT molecular complexity index is 560. The minimum atomic E-state index is -3.40. The minimum Gasteiger partial charge on any atom is -0.370 e. The molecule has 118 valence electrons. The second-order valence-electron chi connectivity index (χ2n) is 5.52. The summed E-state index contributed by atoms with van der Waals surface area (Å²) in [5.74, 6) is 1.26. The summed E-state index contributed by atoms with van der Waals surface area (Å²) in [4.78, 5) is 4.47. The van der Waals surface area contributed by atoms with Gasteiger partial charge in [0.25, 0.3) is 0 Å². The maximum Gasteiger partial charge on any atom is 0.243 e. The number of pyridine rings is 1. The molecule has 2 rings (SSSR count). The van der Waals surface area contributed by atoms with Gasteiger partial charge in [0.1, 0.15) is 5.82 Å². The Labute approximate surface area is 127 Å². The number of nitrogens with zero attached hydrogens (tertiary/aromatic N) is 2. The van der Waals surface area contributed by atoms with Crippen LogP contribution in [0.25, 0.3) is 0 Å². The molecular formula is C15H25N3O2S. The van der Waals surface area contributed by atoms with Crippen LogP contribution in [0, 0.1) is 5.92 Å². The van der Waals surface area contributed by atoms with E-state index in [4.69, 9.17) is 0 Å². The van der Waals surface area contributed by atoms with Crippen LogP contribution in [0.5, 0.6) is 0 Å². The summed E-state index contributed by atoms with van der Waals surface area (Å²) in [6, 6.07) is 3.21. The van der Waals surface area contributed by atoms with E-state index < -0.39 is 10.0 Å². The highest BCUT2D eigenvalue weighted by Crippen LogP contribution is 2.25. The van der Waals surface area contributed by atoms with Crippen molar-refractivity contribution >= 4 is 15.8 Å². The van der Waals surface area contributed by atoms with E-state index in [9.17, 15) is 8.42 Å². The SMILES string of the molecule is CCNc1cc(S(=O)(=O)N2CCCC(CC)CC2)ccn1. The molecule has 2 heterocycles. The molecule has 1 fully saturated rings. The highest BCUT2D eigenvalue weighted by molar-refractivity contribution is 7.89. The van der Waals surface area contributed by atoms with Crippen LogP contribution >= 0.6 is 0 Å². The van der Waals surface area contributed by atoms with Crippen molar-refractivity contribution in [3.05, 3.63) is 18.3 Å². The third-order valence-electron chi connectivity index (χ3n) is 4.11. The van der Waals surface area contributed by atoms with Crippen molar-refractivity contribution in [2.75, 3.05) is 25.0 Å². The summed E-state index contributed by atoms with van der Waals surface area (Å²) >= 11 is 0. The summed E-state index contributed by atoms with van der Waals surface area (Å²) in [7, 11) is -3.40. The standard InChI is InChI=1S/C15H25N3O2S/c1-3-13-6-5-10-18(11-8-13)21(19,20)14-7-9-17-15(12-14)16-4-2/h7,9,12-13H,3-6,8,10-11H2,1-2H3,(H,16,17). The van der Waals surface area contributed by atoms with Gasteiger partial charge < -0.3 is 5.32 Å². The van der Waals surface area contributed by atoms with E-state index in [2.05, 4.69) is 17.2 Å². The maximum atomic E-state index is 12.8. The summed E-state index contributed by atoms with van der Waals surface area (Å²) in [6.07, 6.45) is 5.72. The Morgan fingerprint density at radius 3 is 2.86 bits per heavy atom. The van der Waals surface area contributed by atoms with Crippen LogP contribution in [0.3, 0.4) is 0 Å². The topological polar surface area (TPSA) is 62.3 Å². The molecule has 0 spiro atoms. The molecular weight excluding hydrogens is 286 g/mol. The molecule has 1 N–H and O–H groups in total. The molecule has 1 unspecified atom stereocenters. The van der Waals surface area contributed by atoms with Crippen LogP contribution in [0.15, 0.2) is 23.2 Å². The minimum absolute atomic E-state index is 0.336. The predicted molar refractivity (Wildman–Crippen MR) is 84.8 cm³/mol. The van der Waals surface area contributed by atoms with E-state index in [-0.39, 0.29) is 0 Å². The molecule has 1 aromatic heterocycles. The lowest BCUT2D eigenvalue weighted by Gasteiger charge is -2.20. The zero-order valence-electron chi connectivity index (χ0n) is 12.9. The molecule has 6 heteroatoms. The normalized spacial score (nSPS) is 21.0. The first-order chi connectivity index (χ1) is 10.1. The Balaban J connectivity index is 2.19. The number of nitrogens with one attached hydrogen (secondary N) is 1. The van der Waals surface area contributed by atoms with Crippen LogP contribution < -0.4 is 5.32 Å². The summed E-state index contributed by atoms with van der Waals surface area (Å²) in [6.45, 7) is 6.11. The molecule has 0 bridgehead atoms. The smallest absolute Gasteiger partial charge is 0.243 e. The predicted octanol–water partition coefficient (Wildman–Crippen LogP) is 2.71. The molecule has 21 heavy (non-hydrogen) atoms. The fourth-order valence-corrected chi connectivity index (χ4v) is 4.29. The molecule has 1 saturated heterocycles. The van der Waals surface area contributed by atoms with Crippen LogP contribution in [-0.4, -0.2) is 37.3 Å². The molecule has 1 aliphatic heterocycles. The number of rotatable bonds is 5. The maximum absolute atomic E-state index is 12.8. The largest absolute Gasteiger partial charge is 0.370 e. The van der Waals surface area contributed by atoms with Gasteiger partial charge in [0.15, 0.2) is 0 Å². The molecule has 0 aromatic carbocycles. The van der Waals surface area contributed by atoms with Gasteiger partial charge in [-0.1, -0.05) is 13.3 Å². The van der Waals surface area contributed by atoms with Crippen LogP contribution in [0.4, 0.5) is 5.82 Å². The number of hydrogen-bond donors (Lipinski definition) is 1. The van der Waals surface area contributed by atoms with Crippen molar-refractivity contribution in [3.8, 4) is 0 Å². The Hall–Kier alpha value is -1.14. The van der Waals surface area contributed by atoms with Gasteiger partial charge in [0.05, 0.1) is 4.90 Å². The summed E-state index contributed by atoms with van der Waals surface area (Å²) in [5.41, 5.74) is 0. The lowest BCUT2D eigenvalue weighted by atomic mass is 9.98. The molecule has 0 aliphatic carbocycles. The average molecular weight is 311 g/mol. The first-order valence-corrected chi connectivity index (χ1v) is 9.22. The van der Waals surface area contributed by atoms with E-state index in [1.54, 1.807) is 22.6 Å². The zero-order chi connectivity index (χ0) is 15.3. The van der Waals surface area contributed by atoms with Crippen LogP contribution in [-0.2, 0) is 10.0 Å². The molecule has 0 amide bonds. The van der Waals surface area contributed by atoms with Crippen molar-refractivity contribution in [2.24, 2.45) is 5.92 Å². The molecule has 1 aromatic rings. The van der Waals surface area contributed by atoms with Crippen molar-refractivity contribution in [3.63, 3.8) is 0 Å². The molecule has 1 atom stereocenters. The van der Waals surface area contributed by atoms with Gasteiger partial charge in [-0.25, -0.2) is 13.4 Å². The third kappa shape index (κ3) is 3.95. The van der Waals surface area contributed by atoms with Crippen molar-refractivity contribution < 1.29 is 8.42 Å². The van der Waals surface area contributed by atoms with E-state index in [1.807, 2.05) is 6.92 Å². The molecule has 0 saturated carbocycles. The van der Waals surface area contributed by atoms with Crippen molar-refractivity contribution in [1.82, 2.24) is 9.29 Å². The number of aromatic nitrogens is 1. The first kappa shape index (κ1) is 16.2. The first-order valence-electron chi connectivity index (χ1n) is 7.78. The summed E-state index contributed by atoms with van der Waals surface area (Å²) in [5, 5.41) is 3.06. The average Bonchev–Trinajstić information content (AvgIpc) is 2.73. The van der Waals surface area contributed by atoms with E-state index in [0.29, 0.717) is 29.7 Å². The highest BCUT2D eigenvalue weighted by Gasteiger charge is 2.27. The Morgan fingerprint density at radius 1 is 1.33 bits per heavy atom. The molecule has 5 nitrogen and oxygen atoms in total. The van der Waals surface area contributed by atoms with E-state index in [1.165, 1.54) is 0 Å². The number of sulfonamides is 1. The fraction of sp³-hybridized carbons (Fsp3) is 0.667. The van der Waals surface area contributed by atoms with Gasteiger partial charge in [-0.3, -0.25) is 0 Å². The summed E-state index contributed by atoms with van der Waals surface area (Å²) < 4.78 is 27.2. The van der Waals surface area contributed by atoms with Crippen LogP contribution in [0.2, 0.25) is 0 Å². The monoisotopic (exact) mass is 311 g/mol. The van der Waals surface area contributed by atoms with E-state index in [0.717, 1.165) is 32.2 Å². The Kier molecular flexibility index (Phi) is 5.58. The lowest BCUT2D eigenvalue weighted by molar-refractivity contribution is 0.407. The number of anilines is 1. The van der Waals surface area contributed by atoms with Gasteiger partial charge in [-0.05, 0) is 38.2 Å². The third-order valence-corrected chi connectivity index (χ3v) is 6.01. The Morgan fingerprint density at radius 2 is 2.14 bits per heavy atom. The lowest BCUT2D eigenvalue weighted by Crippen LogP contribution is -2.32. The molecule has 0 radical (unpaired) electrons. The van der Waals surface area contributed by atoms with Gasteiger partial charge in [-0.15, -0.1) is 0 Å². The van der Waals surface area contributed by atoms with Gasteiger partial charge >= 0.3 is 0 Å². The van der Waals surface area contributed by atoms with Crippen molar-refractivity contribution in [1.29, 1.82) is 0 Å². The highest BCUT2D eigenvalue weighted by atomic mass is 32.2. The van der Waals surface area contributed by atoms with Gasteiger partial charge in [0.2, 0.25) is 10.0 Å². The number of hydrogen-bond acceptors (Lipinski definition) is 4.